The van der Waals surface area contributed by atoms with Gasteiger partial charge in [-0.1, -0.05) is 30.3 Å². The van der Waals surface area contributed by atoms with Crippen molar-refractivity contribution in [1.29, 1.82) is 0 Å². The highest BCUT2D eigenvalue weighted by Crippen LogP contribution is 2.23. The van der Waals surface area contributed by atoms with Crippen LogP contribution in [0.25, 0.3) is 0 Å². The molecule has 3 aromatic rings. The summed E-state index contributed by atoms with van der Waals surface area (Å²) >= 11 is 0. The molecule has 1 heterocycles. The number of benzene rings is 3. The smallest absolute Gasteiger partial charge is 0.335 e. The van der Waals surface area contributed by atoms with Crippen LogP contribution in [0.15, 0.2) is 78.9 Å². The number of hydrogen-bond donors (Lipinski definition) is 2. The number of hydrogen-bond acceptors (Lipinski definition) is 5. The Balaban J connectivity index is 1.18. The molecule has 0 aromatic heterocycles. The maximum Gasteiger partial charge on any atom is 0.335 e. The molecule has 4 rings (SSSR count). The minimum atomic E-state index is -0.904. The number of carboxylic acid groups (broad SMARTS) is 1. The van der Waals surface area contributed by atoms with Crippen LogP contribution < -0.4 is 10.1 Å². The molecule has 1 atom stereocenters. The Bertz CT molecular complexity index is 1120. The van der Waals surface area contributed by atoms with Gasteiger partial charge in [0.25, 0.3) is 0 Å². The average molecular weight is 474 g/mol. The number of likely N-dealkylation sites (tertiary alicyclic amines) is 1. The summed E-state index contributed by atoms with van der Waals surface area (Å²) < 4.78 is 5.79. The molecule has 0 unspecified atom stereocenters. The van der Waals surface area contributed by atoms with Gasteiger partial charge in [0.15, 0.2) is 0 Å². The molecule has 3 aromatic carbocycles. The van der Waals surface area contributed by atoms with Crippen molar-refractivity contribution in [2.45, 2.75) is 13.0 Å². The number of ether oxygens (including phenoxy) is 1. The molecular weight excluding hydrogens is 442 g/mol. The lowest BCUT2D eigenvalue weighted by atomic mass is 10.1. The number of rotatable bonds is 10. The molecule has 0 bridgehead atoms. The lowest BCUT2D eigenvalue weighted by Crippen LogP contribution is -2.34. The second-order valence-electron chi connectivity index (χ2n) is 9.08. The summed E-state index contributed by atoms with van der Waals surface area (Å²) in [6, 6.07) is 24.0. The zero-order chi connectivity index (χ0) is 24.6. The van der Waals surface area contributed by atoms with Crippen molar-refractivity contribution < 1.29 is 19.4 Å². The van der Waals surface area contributed by atoms with Crippen LogP contribution in [0.4, 0.5) is 5.69 Å². The van der Waals surface area contributed by atoms with Gasteiger partial charge in [-0.3, -0.25) is 14.6 Å². The molecule has 7 nitrogen and oxygen atoms in total. The van der Waals surface area contributed by atoms with Gasteiger partial charge in [0.2, 0.25) is 5.91 Å². The monoisotopic (exact) mass is 473 g/mol. The molecule has 0 spiro atoms. The van der Waals surface area contributed by atoms with Crippen molar-refractivity contribution in [1.82, 2.24) is 9.80 Å². The first-order valence-corrected chi connectivity index (χ1v) is 11.8. The number of nitrogens with one attached hydrogen (secondary N) is 1. The van der Waals surface area contributed by atoms with E-state index in [0.29, 0.717) is 18.0 Å². The van der Waals surface area contributed by atoms with Crippen LogP contribution in [0, 0.1) is 5.92 Å². The minimum absolute atomic E-state index is 0.0439. The Morgan fingerprint density at radius 3 is 2.37 bits per heavy atom. The third-order valence-corrected chi connectivity index (χ3v) is 6.08. The number of carboxylic acids is 1. The summed E-state index contributed by atoms with van der Waals surface area (Å²) in [7, 11) is 1.98. The predicted molar refractivity (Wildman–Crippen MR) is 136 cm³/mol. The summed E-state index contributed by atoms with van der Waals surface area (Å²) in [4.78, 5) is 28.0. The molecule has 1 fully saturated rings. The van der Waals surface area contributed by atoms with Crippen molar-refractivity contribution >= 4 is 17.6 Å². The number of likely N-dealkylation sites (N-methyl/N-ethyl adjacent to an activating group) is 1. The molecule has 1 amide bonds. The van der Waals surface area contributed by atoms with E-state index in [4.69, 9.17) is 9.84 Å². The maximum absolute atomic E-state index is 12.5. The molecule has 7 heteroatoms. The molecule has 1 aliphatic heterocycles. The van der Waals surface area contributed by atoms with Crippen LogP contribution in [0.3, 0.4) is 0 Å². The number of nitrogens with zero attached hydrogens (tertiary/aromatic N) is 2. The Labute approximate surface area is 205 Å². The summed E-state index contributed by atoms with van der Waals surface area (Å²) in [6.45, 7) is 3.96. The van der Waals surface area contributed by atoms with Crippen LogP contribution >= 0.6 is 0 Å². The van der Waals surface area contributed by atoms with Gasteiger partial charge < -0.3 is 15.2 Å². The highest BCUT2D eigenvalue weighted by atomic mass is 16.5. The summed E-state index contributed by atoms with van der Waals surface area (Å²) in [6.07, 6.45) is 1.09. The highest BCUT2D eigenvalue weighted by molar-refractivity contribution is 5.92. The van der Waals surface area contributed by atoms with Crippen molar-refractivity contribution in [2.75, 3.05) is 38.5 Å². The van der Waals surface area contributed by atoms with Crippen molar-refractivity contribution in [3.8, 4) is 11.5 Å². The first-order valence-electron chi connectivity index (χ1n) is 11.8. The van der Waals surface area contributed by atoms with Crippen LogP contribution in [0.2, 0.25) is 0 Å². The number of para-hydroxylation sites is 1. The summed E-state index contributed by atoms with van der Waals surface area (Å²) in [5.41, 5.74) is 2.16. The quantitative estimate of drug-likeness (QED) is 0.449. The fourth-order valence-corrected chi connectivity index (χ4v) is 4.40. The average Bonchev–Trinajstić information content (AvgIpc) is 3.27. The summed E-state index contributed by atoms with van der Waals surface area (Å²) in [5.74, 6) is 1.04. The number of anilines is 1. The van der Waals surface area contributed by atoms with E-state index in [-0.39, 0.29) is 5.91 Å². The molecule has 1 aliphatic rings. The topological polar surface area (TPSA) is 82.1 Å². The van der Waals surface area contributed by atoms with E-state index in [1.54, 1.807) is 12.1 Å². The largest absolute Gasteiger partial charge is 0.478 e. The van der Waals surface area contributed by atoms with Gasteiger partial charge in [-0.2, -0.15) is 0 Å². The van der Waals surface area contributed by atoms with Gasteiger partial charge in [0.1, 0.15) is 11.5 Å². The van der Waals surface area contributed by atoms with Crippen LogP contribution in [-0.4, -0.2) is 60.0 Å². The van der Waals surface area contributed by atoms with E-state index in [1.807, 2.05) is 73.8 Å². The normalized spacial score (nSPS) is 15.8. The number of aromatic carboxylic acids is 1. The second-order valence-corrected chi connectivity index (χ2v) is 9.08. The summed E-state index contributed by atoms with van der Waals surface area (Å²) in [5, 5.41) is 12.0. The Morgan fingerprint density at radius 1 is 1.00 bits per heavy atom. The SMILES string of the molecule is CN(CC(=O)Nc1ccc(Oc2ccccc2)cc1)C[C@@H]1CCN(Cc2ccc(C(=O)O)cc2)C1. The lowest BCUT2D eigenvalue weighted by Gasteiger charge is -2.21. The molecule has 0 aliphatic carbocycles. The third kappa shape index (κ3) is 7.40. The van der Waals surface area contributed by atoms with Gasteiger partial charge in [-0.15, -0.1) is 0 Å². The Hall–Kier alpha value is -3.68. The Kier molecular flexibility index (Phi) is 8.13. The second kappa shape index (κ2) is 11.6. The predicted octanol–water partition coefficient (Wildman–Crippen LogP) is 4.57. The van der Waals surface area contributed by atoms with Crippen LogP contribution in [-0.2, 0) is 11.3 Å². The van der Waals surface area contributed by atoms with E-state index in [1.165, 1.54) is 0 Å². The standard InChI is InChI=1S/C28H31N3O4/c1-30(17-22-15-16-31(19-22)18-21-7-9-23(10-8-21)28(33)34)20-27(32)29-24-11-13-26(14-12-24)35-25-5-3-2-4-6-25/h2-14,22H,15-20H2,1H3,(H,29,32)(H,33,34)/t22-/m0/s1. The number of carbonyl (C=O) groups excluding carboxylic acids is 1. The van der Waals surface area contributed by atoms with Crippen LogP contribution in [0.1, 0.15) is 22.3 Å². The van der Waals surface area contributed by atoms with Crippen LogP contribution in [0.5, 0.6) is 11.5 Å². The Morgan fingerprint density at radius 2 is 1.69 bits per heavy atom. The molecule has 2 N–H and O–H groups in total. The van der Waals surface area contributed by atoms with E-state index in [2.05, 4.69) is 15.1 Å². The maximum atomic E-state index is 12.5. The van der Waals surface area contributed by atoms with Gasteiger partial charge in [0.05, 0.1) is 12.1 Å². The zero-order valence-corrected chi connectivity index (χ0v) is 19.9. The van der Waals surface area contributed by atoms with Gasteiger partial charge >= 0.3 is 5.97 Å². The first-order chi connectivity index (χ1) is 16.9. The molecule has 0 radical (unpaired) electrons. The fourth-order valence-electron chi connectivity index (χ4n) is 4.40. The van der Waals surface area contributed by atoms with Crippen molar-refractivity contribution in [2.24, 2.45) is 5.92 Å². The lowest BCUT2D eigenvalue weighted by molar-refractivity contribution is -0.117. The van der Waals surface area contributed by atoms with E-state index in [9.17, 15) is 9.59 Å². The number of amides is 1. The first kappa shape index (κ1) is 24.4. The third-order valence-electron chi connectivity index (χ3n) is 6.08. The van der Waals surface area contributed by atoms with Crippen molar-refractivity contribution in [3.63, 3.8) is 0 Å². The minimum Gasteiger partial charge on any atom is -0.478 e. The van der Waals surface area contributed by atoms with E-state index in [0.717, 1.165) is 55.3 Å². The van der Waals surface area contributed by atoms with Gasteiger partial charge in [-0.25, -0.2) is 4.79 Å². The van der Waals surface area contributed by atoms with E-state index >= 15 is 0 Å². The van der Waals surface area contributed by atoms with Gasteiger partial charge in [-0.05, 0) is 80.0 Å². The molecular formula is C28H31N3O4. The van der Waals surface area contributed by atoms with Gasteiger partial charge in [0, 0.05) is 25.3 Å². The molecule has 35 heavy (non-hydrogen) atoms. The number of carbonyl (C=O) groups is 2. The van der Waals surface area contributed by atoms with Crippen molar-refractivity contribution in [3.05, 3.63) is 90.0 Å². The van der Waals surface area contributed by atoms with E-state index < -0.39 is 5.97 Å². The molecule has 1 saturated heterocycles. The molecule has 182 valence electrons. The highest BCUT2D eigenvalue weighted by Gasteiger charge is 2.24. The molecule has 0 saturated carbocycles. The fraction of sp³-hybridized carbons (Fsp3) is 0.286. The zero-order valence-electron chi connectivity index (χ0n) is 19.9.